The summed E-state index contributed by atoms with van der Waals surface area (Å²) in [5.41, 5.74) is 4.08. The third kappa shape index (κ3) is 1.67. The molecule has 0 spiro atoms. The summed E-state index contributed by atoms with van der Waals surface area (Å²) < 4.78 is 0. The van der Waals surface area contributed by atoms with Gasteiger partial charge in [0.15, 0.2) is 0 Å². The first-order chi connectivity index (χ1) is 8.64. The van der Waals surface area contributed by atoms with E-state index >= 15 is 0 Å². The Kier molecular flexibility index (Phi) is 2.70. The Labute approximate surface area is 110 Å². The molecule has 3 atom stereocenters. The number of rotatable bonds is 2. The van der Waals surface area contributed by atoms with Gasteiger partial charge < -0.3 is 0 Å². The van der Waals surface area contributed by atoms with E-state index in [1.165, 1.54) is 36.0 Å². The average molecular weight is 239 g/mol. The van der Waals surface area contributed by atoms with Gasteiger partial charge in [0, 0.05) is 0 Å². The summed E-state index contributed by atoms with van der Waals surface area (Å²) in [6.45, 7) is 4.36. The van der Waals surface area contributed by atoms with Gasteiger partial charge in [-0.05, 0) is 68.1 Å². The first-order valence-corrected chi connectivity index (χ1v) is 7.11. The van der Waals surface area contributed by atoms with Gasteiger partial charge in [-0.15, -0.1) is 0 Å². The second-order valence-electron chi connectivity index (χ2n) is 6.40. The molecule has 0 saturated heterocycles. The van der Waals surface area contributed by atoms with Gasteiger partial charge in [0.05, 0.1) is 11.5 Å². The molecule has 1 heteroatoms. The summed E-state index contributed by atoms with van der Waals surface area (Å²) in [5.74, 6) is 1.49. The zero-order valence-electron chi connectivity index (χ0n) is 11.4. The fourth-order valence-electron chi connectivity index (χ4n) is 4.28. The standard InChI is InChI=1S/C17H21N/c1-12-4-3-5-13(2)16(12)10-17(11-18)9-14-6-7-15(17)8-14/h3-5,14-15H,6-10H2,1-2H3. The van der Waals surface area contributed by atoms with Crippen LogP contribution in [0.3, 0.4) is 0 Å². The van der Waals surface area contributed by atoms with Crippen LogP contribution in [0, 0.1) is 42.4 Å². The fourth-order valence-corrected chi connectivity index (χ4v) is 4.28. The summed E-state index contributed by atoms with van der Waals surface area (Å²) in [4.78, 5) is 0. The maximum atomic E-state index is 9.73. The van der Waals surface area contributed by atoms with E-state index in [9.17, 15) is 5.26 Å². The van der Waals surface area contributed by atoms with E-state index in [0.717, 1.165) is 18.8 Å². The second kappa shape index (κ2) is 4.12. The summed E-state index contributed by atoms with van der Waals surface area (Å²) in [6.07, 6.45) is 6.06. The van der Waals surface area contributed by atoms with Gasteiger partial charge in [0.25, 0.3) is 0 Å². The third-order valence-corrected chi connectivity index (χ3v) is 5.33. The molecule has 3 rings (SSSR count). The Morgan fingerprint density at radius 1 is 1.28 bits per heavy atom. The third-order valence-electron chi connectivity index (χ3n) is 5.33. The van der Waals surface area contributed by atoms with E-state index in [1.807, 2.05) is 0 Å². The highest BCUT2D eigenvalue weighted by Crippen LogP contribution is 2.57. The van der Waals surface area contributed by atoms with Crippen molar-refractivity contribution in [2.75, 3.05) is 0 Å². The minimum Gasteiger partial charge on any atom is -0.198 e. The summed E-state index contributed by atoms with van der Waals surface area (Å²) in [7, 11) is 0. The van der Waals surface area contributed by atoms with Gasteiger partial charge in [-0.25, -0.2) is 0 Å². The van der Waals surface area contributed by atoms with Gasteiger partial charge in [-0.3, -0.25) is 0 Å². The lowest BCUT2D eigenvalue weighted by atomic mass is 9.69. The molecule has 2 aliphatic rings. The van der Waals surface area contributed by atoms with Crippen molar-refractivity contribution in [1.29, 1.82) is 5.26 Å². The largest absolute Gasteiger partial charge is 0.198 e. The topological polar surface area (TPSA) is 23.8 Å². The highest BCUT2D eigenvalue weighted by Gasteiger charge is 2.51. The van der Waals surface area contributed by atoms with Crippen molar-refractivity contribution in [2.24, 2.45) is 17.3 Å². The molecular formula is C17H21N. The number of hydrogen-bond donors (Lipinski definition) is 0. The van der Waals surface area contributed by atoms with E-state index in [2.05, 4.69) is 38.1 Å². The van der Waals surface area contributed by atoms with Gasteiger partial charge in [-0.2, -0.15) is 5.26 Å². The van der Waals surface area contributed by atoms with Crippen LogP contribution in [0.15, 0.2) is 18.2 Å². The average Bonchev–Trinajstić information content (AvgIpc) is 2.95. The Balaban J connectivity index is 1.94. The molecule has 1 nitrogen and oxygen atoms in total. The van der Waals surface area contributed by atoms with E-state index in [1.54, 1.807) is 0 Å². The maximum absolute atomic E-state index is 9.73. The van der Waals surface area contributed by atoms with Crippen LogP contribution < -0.4 is 0 Å². The molecule has 0 aromatic heterocycles. The Morgan fingerprint density at radius 2 is 2.00 bits per heavy atom. The molecule has 2 saturated carbocycles. The number of aryl methyl sites for hydroxylation is 2. The van der Waals surface area contributed by atoms with Gasteiger partial charge in [-0.1, -0.05) is 24.6 Å². The van der Waals surface area contributed by atoms with Crippen molar-refractivity contribution >= 4 is 0 Å². The molecule has 0 radical (unpaired) electrons. The van der Waals surface area contributed by atoms with Gasteiger partial charge in [0.1, 0.15) is 0 Å². The predicted octanol–water partition coefficient (Wildman–Crippen LogP) is 4.18. The number of fused-ring (bicyclic) bond motifs is 2. The summed E-state index contributed by atoms with van der Waals surface area (Å²) in [5, 5.41) is 9.73. The van der Waals surface area contributed by atoms with Gasteiger partial charge in [0.2, 0.25) is 0 Å². The molecule has 1 aromatic carbocycles. The van der Waals surface area contributed by atoms with E-state index in [4.69, 9.17) is 0 Å². The van der Waals surface area contributed by atoms with Crippen molar-refractivity contribution in [3.63, 3.8) is 0 Å². The fraction of sp³-hybridized carbons (Fsp3) is 0.588. The van der Waals surface area contributed by atoms with E-state index in [0.29, 0.717) is 5.92 Å². The monoisotopic (exact) mass is 239 g/mol. The van der Waals surface area contributed by atoms with E-state index in [-0.39, 0.29) is 5.41 Å². The van der Waals surface area contributed by atoms with Crippen LogP contribution in [0.1, 0.15) is 42.4 Å². The molecule has 0 aliphatic heterocycles. The smallest absolute Gasteiger partial charge is 0.0696 e. The molecule has 2 aliphatic carbocycles. The lowest BCUT2D eigenvalue weighted by Crippen LogP contribution is -2.29. The van der Waals surface area contributed by atoms with Crippen LogP contribution in [-0.4, -0.2) is 0 Å². The molecule has 0 N–H and O–H groups in total. The van der Waals surface area contributed by atoms with Crippen LogP contribution >= 0.6 is 0 Å². The molecule has 2 bridgehead atoms. The number of benzene rings is 1. The quantitative estimate of drug-likeness (QED) is 0.759. The molecule has 2 fully saturated rings. The second-order valence-corrected chi connectivity index (χ2v) is 6.40. The van der Waals surface area contributed by atoms with Crippen molar-refractivity contribution < 1.29 is 0 Å². The molecular weight excluding hydrogens is 218 g/mol. The van der Waals surface area contributed by atoms with Crippen molar-refractivity contribution in [3.05, 3.63) is 34.9 Å². The van der Waals surface area contributed by atoms with Crippen LogP contribution in [-0.2, 0) is 6.42 Å². The SMILES string of the molecule is Cc1cccc(C)c1CC1(C#N)CC2CCC1C2. The minimum atomic E-state index is -0.0558. The normalized spacial score (nSPS) is 33.6. The Bertz CT molecular complexity index is 491. The molecule has 3 unspecified atom stereocenters. The predicted molar refractivity (Wildman–Crippen MR) is 73.1 cm³/mol. The van der Waals surface area contributed by atoms with Crippen molar-refractivity contribution in [1.82, 2.24) is 0 Å². The van der Waals surface area contributed by atoms with Crippen LogP contribution in [0.2, 0.25) is 0 Å². The Morgan fingerprint density at radius 3 is 2.50 bits per heavy atom. The summed E-state index contributed by atoms with van der Waals surface area (Å²) in [6, 6.07) is 9.19. The lowest BCUT2D eigenvalue weighted by Gasteiger charge is -2.32. The first kappa shape index (κ1) is 11.8. The van der Waals surface area contributed by atoms with Crippen molar-refractivity contribution in [3.8, 4) is 6.07 Å². The molecule has 1 aromatic rings. The highest BCUT2D eigenvalue weighted by molar-refractivity contribution is 5.36. The van der Waals surface area contributed by atoms with Crippen LogP contribution in [0.4, 0.5) is 0 Å². The van der Waals surface area contributed by atoms with E-state index < -0.39 is 0 Å². The van der Waals surface area contributed by atoms with Crippen molar-refractivity contribution in [2.45, 2.75) is 46.0 Å². The molecule has 0 heterocycles. The molecule has 0 amide bonds. The number of hydrogen-bond acceptors (Lipinski definition) is 1. The Hall–Kier alpha value is -1.29. The zero-order chi connectivity index (χ0) is 12.8. The lowest BCUT2D eigenvalue weighted by molar-refractivity contribution is 0.238. The summed E-state index contributed by atoms with van der Waals surface area (Å²) >= 11 is 0. The van der Waals surface area contributed by atoms with Crippen LogP contribution in [0.5, 0.6) is 0 Å². The van der Waals surface area contributed by atoms with Crippen LogP contribution in [0.25, 0.3) is 0 Å². The number of nitriles is 1. The van der Waals surface area contributed by atoms with Gasteiger partial charge >= 0.3 is 0 Å². The minimum absolute atomic E-state index is 0.0558. The highest BCUT2D eigenvalue weighted by atomic mass is 14.6. The molecule has 94 valence electrons. The zero-order valence-corrected chi connectivity index (χ0v) is 11.4. The number of nitrogens with zero attached hydrogens (tertiary/aromatic N) is 1. The molecule has 18 heavy (non-hydrogen) atoms. The first-order valence-electron chi connectivity index (χ1n) is 7.11. The maximum Gasteiger partial charge on any atom is 0.0696 e.